The molecule has 0 rings (SSSR count). The molecule has 3 unspecified atom stereocenters. The predicted octanol–water partition coefficient (Wildman–Crippen LogP) is 3.54. The number of carbonyl (C=O) groups is 1. The maximum absolute atomic E-state index is 12.2. The number of rotatable bonds is 11. The molecule has 0 aliphatic heterocycles. The molecule has 0 saturated carbocycles. The van der Waals surface area contributed by atoms with Crippen molar-refractivity contribution in [1.29, 1.82) is 0 Å². The van der Waals surface area contributed by atoms with Crippen LogP contribution in [0.2, 0.25) is 0 Å². The lowest BCUT2D eigenvalue weighted by Crippen LogP contribution is -2.55. The average molecular weight is 301 g/mol. The Labute approximate surface area is 131 Å². The highest BCUT2D eigenvalue weighted by Gasteiger charge is 2.36. The van der Waals surface area contributed by atoms with Gasteiger partial charge in [-0.15, -0.1) is 0 Å². The Hall–Kier alpha value is -0.610. The second-order valence-corrected chi connectivity index (χ2v) is 6.59. The summed E-state index contributed by atoms with van der Waals surface area (Å²) < 4.78 is 11.1. The van der Waals surface area contributed by atoms with E-state index in [1.807, 2.05) is 34.6 Å². The van der Waals surface area contributed by atoms with E-state index >= 15 is 0 Å². The third kappa shape index (κ3) is 8.42. The lowest BCUT2D eigenvalue weighted by Gasteiger charge is -2.33. The summed E-state index contributed by atoms with van der Waals surface area (Å²) in [6.07, 6.45) is 2.98. The van der Waals surface area contributed by atoms with E-state index in [-0.39, 0.29) is 18.1 Å². The van der Waals surface area contributed by atoms with Gasteiger partial charge in [-0.2, -0.15) is 0 Å². The first-order chi connectivity index (χ1) is 9.75. The first-order valence-corrected chi connectivity index (χ1v) is 8.31. The monoisotopic (exact) mass is 301 g/mol. The largest absolute Gasteiger partial charge is 0.465 e. The Kier molecular flexibility index (Phi) is 9.88. The van der Waals surface area contributed by atoms with Gasteiger partial charge in [0.15, 0.2) is 0 Å². The van der Waals surface area contributed by atoms with Gasteiger partial charge >= 0.3 is 5.97 Å². The minimum atomic E-state index is -0.697. The van der Waals surface area contributed by atoms with E-state index in [9.17, 15) is 4.79 Å². The first-order valence-electron chi connectivity index (χ1n) is 8.31. The molecule has 0 aromatic rings. The number of carbonyl (C=O) groups excluding carboxylic acids is 1. The van der Waals surface area contributed by atoms with Crippen molar-refractivity contribution in [3.63, 3.8) is 0 Å². The summed E-state index contributed by atoms with van der Waals surface area (Å²) in [4.78, 5) is 12.2. The molecule has 0 bridgehead atoms. The number of hydrogen-bond donors (Lipinski definition) is 1. The molecule has 0 aliphatic rings. The average Bonchev–Trinajstić information content (AvgIpc) is 2.36. The van der Waals surface area contributed by atoms with Crippen molar-refractivity contribution in [2.24, 2.45) is 5.92 Å². The minimum absolute atomic E-state index is 0.0185. The SMILES string of the molecule is CCCC(C)COC(C)CC(C)(NC(C)C)C(=O)OCC. The zero-order valence-electron chi connectivity index (χ0n) is 15.0. The molecule has 0 aromatic carbocycles. The number of nitrogens with one attached hydrogen (secondary N) is 1. The molecule has 0 saturated heterocycles. The second-order valence-electron chi connectivity index (χ2n) is 6.59. The molecular formula is C17H35NO3. The van der Waals surface area contributed by atoms with Crippen LogP contribution in [-0.2, 0) is 14.3 Å². The van der Waals surface area contributed by atoms with Gasteiger partial charge in [-0.1, -0.05) is 20.3 Å². The van der Waals surface area contributed by atoms with Crippen LogP contribution < -0.4 is 5.32 Å². The van der Waals surface area contributed by atoms with Crippen LogP contribution >= 0.6 is 0 Å². The smallest absolute Gasteiger partial charge is 0.326 e. The predicted molar refractivity (Wildman–Crippen MR) is 87.4 cm³/mol. The van der Waals surface area contributed by atoms with Crippen LogP contribution in [0.15, 0.2) is 0 Å². The standard InChI is InChI=1S/C17H35NO3/c1-8-10-14(5)12-21-15(6)11-17(7,18-13(3)4)16(19)20-9-2/h13-15,18H,8-12H2,1-7H3. The van der Waals surface area contributed by atoms with Gasteiger partial charge in [0.2, 0.25) is 0 Å². The van der Waals surface area contributed by atoms with Crippen LogP contribution in [-0.4, -0.2) is 36.9 Å². The Morgan fingerprint density at radius 3 is 2.29 bits per heavy atom. The lowest BCUT2D eigenvalue weighted by molar-refractivity contribution is -0.152. The molecule has 0 fully saturated rings. The molecule has 0 amide bonds. The molecule has 3 atom stereocenters. The highest BCUT2D eigenvalue weighted by molar-refractivity contribution is 5.80. The van der Waals surface area contributed by atoms with Gasteiger partial charge in [0.25, 0.3) is 0 Å². The van der Waals surface area contributed by atoms with E-state index in [1.165, 1.54) is 12.8 Å². The maximum atomic E-state index is 12.2. The number of hydrogen-bond acceptors (Lipinski definition) is 4. The van der Waals surface area contributed by atoms with Crippen molar-refractivity contribution in [3.8, 4) is 0 Å². The van der Waals surface area contributed by atoms with Crippen LogP contribution in [0.25, 0.3) is 0 Å². The lowest BCUT2D eigenvalue weighted by atomic mass is 9.93. The van der Waals surface area contributed by atoms with Crippen LogP contribution in [0.3, 0.4) is 0 Å². The second kappa shape index (κ2) is 10.2. The normalized spacial score (nSPS) is 17.3. The van der Waals surface area contributed by atoms with Crippen molar-refractivity contribution in [2.75, 3.05) is 13.2 Å². The molecule has 0 aliphatic carbocycles. The third-order valence-corrected chi connectivity index (χ3v) is 3.48. The Balaban J connectivity index is 4.54. The minimum Gasteiger partial charge on any atom is -0.465 e. The van der Waals surface area contributed by atoms with Gasteiger partial charge in [-0.05, 0) is 47.0 Å². The van der Waals surface area contributed by atoms with Gasteiger partial charge < -0.3 is 9.47 Å². The molecule has 4 nitrogen and oxygen atoms in total. The summed E-state index contributed by atoms with van der Waals surface area (Å²) in [5.41, 5.74) is -0.697. The van der Waals surface area contributed by atoms with Gasteiger partial charge in [-0.3, -0.25) is 10.1 Å². The molecule has 4 heteroatoms. The zero-order chi connectivity index (χ0) is 16.5. The fraction of sp³-hybridized carbons (Fsp3) is 0.941. The fourth-order valence-corrected chi connectivity index (χ4v) is 2.67. The van der Waals surface area contributed by atoms with Crippen LogP contribution in [0.4, 0.5) is 0 Å². The quantitative estimate of drug-likeness (QED) is 0.593. The third-order valence-electron chi connectivity index (χ3n) is 3.48. The van der Waals surface area contributed by atoms with E-state index in [0.29, 0.717) is 18.9 Å². The molecule has 0 aromatic heterocycles. The molecule has 21 heavy (non-hydrogen) atoms. The summed E-state index contributed by atoms with van der Waals surface area (Å²) >= 11 is 0. The highest BCUT2D eigenvalue weighted by Crippen LogP contribution is 2.19. The van der Waals surface area contributed by atoms with Gasteiger partial charge in [-0.25, -0.2) is 0 Å². The first kappa shape index (κ1) is 20.4. The summed E-state index contributed by atoms with van der Waals surface area (Å²) in [5.74, 6) is 0.361. The van der Waals surface area contributed by atoms with Crippen molar-refractivity contribution in [3.05, 3.63) is 0 Å². The van der Waals surface area contributed by atoms with Crippen molar-refractivity contribution in [2.45, 2.75) is 85.4 Å². The summed E-state index contributed by atoms with van der Waals surface area (Å²) in [7, 11) is 0. The van der Waals surface area contributed by atoms with Gasteiger partial charge in [0.05, 0.1) is 12.7 Å². The summed E-state index contributed by atoms with van der Waals surface area (Å²) in [6.45, 7) is 15.4. The number of esters is 1. The van der Waals surface area contributed by atoms with Gasteiger partial charge in [0.1, 0.15) is 5.54 Å². The zero-order valence-corrected chi connectivity index (χ0v) is 15.0. The summed E-state index contributed by atoms with van der Waals surface area (Å²) in [6, 6.07) is 0.214. The molecule has 126 valence electrons. The van der Waals surface area contributed by atoms with E-state index < -0.39 is 5.54 Å². The Bertz CT molecular complexity index is 294. The molecular weight excluding hydrogens is 266 g/mol. The Morgan fingerprint density at radius 1 is 1.19 bits per heavy atom. The Morgan fingerprint density at radius 2 is 1.81 bits per heavy atom. The van der Waals surface area contributed by atoms with E-state index in [1.54, 1.807) is 0 Å². The molecule has 0 spiro atoms. The van der Waals surface area contributed by atoms with Crippen LogP contribution in [0, 0.1) is 5.92 Å². The highest BCUT2D eigenvalue weighted by atomic mass is 16.5. The van der Waals surface area contributed by atoms with Gasteiger partial charge in [0, 0.05) is 19.1 Å². The maximum Gasteiger partial charge on any atom is 0.326 e. The van der Waals surface area contributed by atoms with E-state index in [0.717, 1.165) is 6.61 Å². The van der Waals surface area contributed by atoms with E-state index in [2.05, 4.69) is 19.2 Å². The topological polar surface area (TPSA) is 47.6 Å². The summed E-state index contributed by atoms with van der Waals surface area (Å²) in [5, 5.41) is 3.33. The molecule has 0 radical (unpaired) electrons. The van der Waals surface area contributed by atoms with Crippen molar-refractivity contribution in [1.82, 2.24) is 5.32 Å². The fourth-order valence-electron chi connectivity index (χ4n) is 2.67. The van der Waals surface area contributed by atoms with E-state index in [4.69, 9.17) is 9.47 Å². The molecule has 0 heterocycles. The van der Waals surface area contributed by atoms with Crippen LogP contribution in [0.5, 0.6) is 0 Å². The van der Waals surface area contributed by atoms with Crippen molar-refractivity contribution < 1.29 is 14.3 Å². The number of ether oxygens (including phenoxy) is 2. The van der Waals surface area contributed by atoms with Crippen LogP contribution in [0.1, 0.15) is 67.7 Å². The molecule has 1 N–H and O–H groups in total. The van der Waals surface area contributed by atoms with Crippen molar-refractivity contribution >= 4 is 5.97 Å².